The number of rotatable bonds is 1. The summed E-state index contributed by atoms with van der Waals surface area (Å²) in [6, 6.07) is 16.8. The van der Waals surface area contributed by atoms with Crippen molar-refractivity contribution < 1.29 is 13.9 Å². The highest BCUT2D eigenvalue weighted by Crippen LogP contribution is 2.37. The Balaban J connectivity index is 1.98. The molecule has 3 aromatic rings. The lowest BCUT2D eigenvalue weighted by atomic mass is 9.84. The van der Waals surface area contributed by atoms with Crippen molar-refractivity contribution in [1.29, 1.82) is 0 Å². The fourth-order valence-corrected chi connectivity index (χ4v) is 3.18. The molecule has 0 bridgehead atoms. The Morgan fingerprint density at radius 3 is 2.43 bits per heavy atom. The summed E-state index contributed by atoms with van der Waals surface area (Å²) in [7, 11) is 0. The van der Waals surface area contributed by atoms with Crippen LogP contribution in [-0.2, 0) is 16.8 Å². The summed E-state index contributed by atoms with van der Waals surface area (Å²) in [4.78, 5) is 24.6. The first-order chi connectivity index (χ1) is 11.1. The number of fused-ring (bicyclic) bond motifs is 3. The molecule has 0 fully saturated rings. The third-order valence-electron chi connectivity index (χ3n) is 4.34. The SMILES string of the molecule is CC1(c2ccccc2)Cc2c(c(=O)oc3ccccc23)C(=O)O1. The molecule has 4 nitrogen and oxygen atoms in total. The van der Waals surface area contributed by atoms with Gasteiger partial charge in [0.1, 0.15) is 16.7 Å². The molecule has 1 aliphatic rings. The van der Waals surface area contributed by atoms with Gasteiger partial charge in [-0.1, -0.05) is 48.5 Å². The monoisotopic (exact) mass is 306 g/mol. The Labute approximate surface area is 132 Å². The van der Waals surface area contributed by atoms with Gasteiger partial charge in [-0.25, -0.2) is 9.59 Å². The molecule has 0 spiro atoms. The van der Waals surface area contributed by atoms with Gasteiger partial charge in [-0.05, 0) is 24.1 Å². The minimum Gasteiger partial charge on any atom is -0.450 e. The molecule has 0 saturated carbocycles. The molecule has 0 saturated heterocycles. The smallest absolute Gasteiger partial charge is 0.351 e. The highest BCUT2D eigenvalue weighted by Gasteiger charge is 2.40. The highest BCUT2D eigenvalue weighted by atomic mass is 16.6. The molecule has 2 aromatic carbocycles. The molecule has 0 aliphatic carbocycles. The summed E-state index contributed by atoms with van der Waals surface area (Å²) in [5, 5.41) is 0.779. The molecule has 114 valence electrons. The standard InChI is InChI=1S/C19H14O4/c1-19(12-7-3-2-4-8-12)11-14-13-9-5-6-10-15(13)22-17(20)16(14)18(21)23-19/h2-10H,11H2,1H3. The Morgan fingerprint density at radius 2 is 1.65 bits per heavy atom. The minimum atomic E-state index is -0.804. The minimum absolute atomic E-state index is 0.0112. The molecular weight excluding hydrogens is 292 g/mol. The topological polar surface area (TPSA) is 56.5 Å². The number of esters is 1. The van der Waals surface area contributed by atoms with E-state index < -0.39 is 17.2 Å². The van der Waals surface area contributed by atoms with Gasteiger partial charge >= 0.3 is 11.6 Å². The molecule has 0 N–H and O–H groups in total. The number of carbonyl (C=O) groups is 1. The van der Waals surface area contributed by atoms with Crippen molar-refractivity contribution in [3.63, 3.8) is 0 Å². The van der Waals surface area contributed by atoms with E-state index >= 15 is 0 Å². The average molecular weight is 306 g/mol. The number of carbonyl (C=O) groups excluding carboxylic acids is 1. The summed E-state index contributed by atoms with van der Waals surface area (Å²) in [6.45, 7) is 1.87. The van der Waals surface area contributed by atoms with E-state index in [9.17, 15) is 9.59 Å². The van der Waals surface area contributed by atoms with Gasteiger partial charge in [0.15, 0.2) is 0 Å². The lowest BCUT2D eigenvalue weighted by Crippen LogP contribution is -2.39. The van der Waals surface area contributed by atoms with E-state index in [-0.39, 0.29) is 5.56 Å². The maximum absolute atomic E-state index is 12.5. The number of para-hydroxylation sites is 1. The van der Waals surface area contributed by atoms with Crippen molar-refractivity contribution in [3.05, 3.63) is 81.7 Å². The third-order valence-corrected chi connectivity index (χ3v) is 4.34. The highest BCUT2D eigenvalue weighted by molar-refractivity contribution is 5.97. The van der Waals surface area contributed by atoms with Crippen LogP contribution in [0.5, 0.6) is 0 Å². The molecule has 4 heteroatoms. The lowest BCUT2D eigenvalue weighted by molar-refractivity contribution is -0.0186. The van der Waals surface area contributed by atoms with Gasteiger partial charge < -0.3 is 9.15 Å². The van der Waals surface area contributed by atoms with E-state index in [1.54, 1.807) is 12.1 Å². The molecule has 1 aromatic heterocycles. The van der Waals surface area contributed by atoms with E-state index in [2.05, 4.69) is 0 Å². The van der Waals surface area contributed by atoms with Crippen LogP contribution in [-0.4, -0.2) is 5.97 Å². The van der Waals surface area contributed by atoms with Gasteiger partial charge in [-0.3, -0.25) is 0 Å². The Kier molecular flexibility index (Phi) is 2.88. The number of cyclic esters (lactones) is 1. The summed E-state index contributed by atoms with van der Waals surface area (Å²) in [5.74, 6) is -0.628. The zero-order valence-electron chi connectivity index (χ0n) is 12.5. The normalized spacial score (nSPS) is 20.1. The van der Waals surface area contributed by atoms with E-state index in [1.807, 2.05) is 49.4 Å². The molecule has 1 aliphatic heterocycles. The predicted molar refractivity (Wildman–Crippen MR) is 85.4 cm³/mol. The van der Waals surface area contributed by atoms with Gasteiger partial charge in [-0.15, -0.1) is 0 Å². The lowest BCUT2D eigenvalue weighted by Gasteiger charge is -2.34. The van der Waals surface area contributed by atoms with Crippen molar-refractivity contribution in [3.8, 4) is 0 Å². The fraction of sp³-hybridized carbons (Fsp3) is 0.158. The molecule has 4 rings (SSSR count). The van der Waals surface area contributed by atoms with E-state index in [1.165, 1.54) is 0 Å². The van der Waals surface area contributed by atoms with Crippen LogP contribution in [0.15, 0.2) is 63.8 Å². The second-order valence-corrected chi connectivity index (χ2v) is 5.90. The van der Waals surface area contributed by atoms with Gasteiger partial charge in [0, 0.05) is 11.8 Å². The van der Waals surface area contributed by atoms with Crippen LogP contribution in [0.4, 0.5) is 0 Å². The van der Waals surface area contributed by atoms with Gasteiger partial charge in [0.05, 0.1) is 0 Å². The van der Waals surface area contributed by atoms with Crippen molar-refractivity contribution in [1.82, 2.24) is 0 Å². The van der Waals surface area contributed by atoms with Crippen molar-refractivity contribution >= 4 is 16.9 Å². The van der Waals surface area contributed by atoms with Crippen LogP contribution < -0.4 is 5.63 Å². The first-order valence-corrected chi connectivity index (χ1v) is 7.42. The predicted octanol–water partition coefficient (Wildman–Crippen LogP) is 3.42. The second kappa shape index (κ2) is 4.81. The third kappa shape index (κ3) is 2.06. The summed E-state index contributed by atoms with van der Waals surface area (Å²) < 4.78 is 10.9. The Hall–Kier alpha value is -2.88. The summed E-state index contributed by atoms with van der Waals surface area (Å²) >= 11 is 0. The molecule has 2 heterocycles. The molecule has 1 unspecified atom stereocenters. The maximum Gasteiger partial charge on any atom is 0.351 e. The second-order valence-electron chi connectivity index (χ2n) is 5.90. The van der Waals surface area contributed by atoms with Crippen molar-refractivity contribution in [2.24, 2.45) is 0 Å². The van der Waals surface area contributed by atoms with E-state index in [0.29, 0.717) is 17.6 Å². The fourth-order valence-electron chi connectivity index (χ4n) is 3.18. The zero-order valence-corrected chi connectivity index (χ0v) is 12.5. The van der Waals surface area contributed by atoms with E-state index in [0.717, 1.165) is 10.9 Å². The van der Waals surface area contributed by atoms with Crippen LogP contribution in [0.2, 0.25) is 0 Å². The van der Waals surface area contributed by atoms with Crippen LogP contribution in [0.25, 0.3) is 11.0 Å². The van der Waals surface area contributed by atoms with Crippen LogP contribution in [0, 0.1) is 0 Å². The van der Waals surface area contributed by atoms with Crippen LogP contribution >= 0.6 is 0 Å². The largest absolute Gasteiger partial charge is 0.450 e. The number of hydrogen-bond donors (Lipinski definition) is 0. The summed E-state index contributed by atoms with van der Waals surface area (Å²) in [5.41, 5.74) is 0.648. The maximum atomic E-state index is 12.5. The molecule has 0 radical (unpaired) electrons. The van der Waals surface area contributed by atoms with Crippen LogP contribution in [0.1, 0.15) is 28.4 Å². The van der Waals surface area contributed by atoms with E-state index in [4.69, 9.17) is 9.15 Å². The first kappa shape index (κ1) is 13.8. The summed E-state index contributed by atoms with van der Waals surface area (Å²) in [6.07, 6.45) is 0.435. The molecule has 0 amide bonds. The Morgan fingerprint density at radius 1 is 0.957 bits per heavy atom. The Bertz CT molecular complexity index is 972. The molecule has 23 heavy (non-hydrogen) atoms. The number of hydrogen-bond acceptors (Lipinski definition) is 4. The van der Waals surface area contributed by atoms with Crippen molar-refractivity contribution in [2.75, 3.05) is 0 Å². The van der Waals surface area contributed by atoms with Gasteiger partial charge in [0.25, 0.3) is 0 Å². The quantitative estimate of drug-likeness (QED) is 0.510. The number of ether oxygens (including phenoxy) is 1. The molecular formula is C19H14O4. The molecule has 1 atom stereocenters. The van der Waals surface area contributed by atoms with Crippen LogP contribution in [0.3, 0.4) is 0 Å². The van der Waals surface area contributed by atoms with Crippen molar-refractivity contribution in [2.45, 2.75) is 18.9 Å². The first-order valence-electron chi connectivity index (χ1n) is 7.42. The van der Waals surface area contributed by atoms with Gasteiger partial charge in [0.2, 0.25) is 0 Å². The average Bonchev–Trinajstić information content (AvgIpc) is 2.55. The van der Waals surface area contributed by atoms with Gasteiger partial charge in [-0.2, -0.15) is 0 Å². The zero-order chi connectivity index (χ0) is 16.0. The number of benzene rings is 2.